The fourth-order valence-corrected chi connectivity index (χ4v) is 1.46. The summed E-state index contributed by atoms with van der Waals surface area (Å²) in [4.78, 5) is 0. The van der Waals surface area contributed by atoms with E-state index in [1.807, 2.05) is 0 Å². The van der Waals surface area contributed by atoms with Gasteiger partial charge in [0.1, 0.15) is 0 Å². The van der Waals surface area contributed by atoms with E-state index in [4.69, 9.17) is 11.6 Å². The molecule has 0 aromatic heterocycles. The molecule has 0 aliphatic heterocycles. The molecule has 0 aromatic rings. The Morgan fingerprint density at radius 2 is 1.46 bits per heavy atom. The van der Waals surface area contributed by atoms with Crippen LogP contribution in [-0.2, 0) is 0 Å². The van der Waals surface area contributed by atoms with E-state index in [0.717, 1.165) is 5.88 Å². The van der Waals surface area contributed by atoms with Gasteiger partial charge in [0.05, 0.1) is 0 Å². The molecule has 0 rings (SSSR count). The van der Waals surface area contributed by atoms with Crippen molar-refractivity contribution in [2.45, 2.75) is 58.3 Å². The summed E-state index contributed by atoms with van der Waals surface area (Å²) in [7, 11) is 0. The summed E-state index contributed by atoms with van der Waals surface area (Å²) in [5.41, 5.74) is 0. The van der Waals surface area contributed by atoms with E-state index in [2.05, 4.69) is 19.1 Å². The van der Waals surface area contributed by atoms with Crippen molar-refractivity contribution in [3.63, 3.8) is 0 Å². The van der Waals surface area contributed by atoms with Gasteiger partial charge in [0.2, 0.25) is 0 Å². The lowest BCUT2D eigenvalue weighted by molar-refractivity contribution is 0.675. The van der Waals surface area contributed by atoms with Crippen molar-refractivity contribution in [3.8, 4) is 0 Å². The highest BCUT2D eigenvalue weighted by Crippen LogP contribution is 2.05. The predicted octanol–water partition coefficient (Wildman–Crippen LogP) is 4.92. The maximum absolute atomic E-state index is 5.58. The lowest BCUT2D eigenvalue weighted by atomic mass is 10.1. The number of hydrogen-bond donors (Lipinski definition) is 0. The topological polar surface area (TPSA) is 0 Å². The molecule has 13 heavy (non-hydrogen) atoms. The van der Waals surface area contributed by atoms with Crippen LogP contribution in [0.5, 0.6) is 0 Å². The van der Waals surface area contributed by atoms with Gasteiger partial charge in [-0.05, 0) is 25.7 Å². The lowest BCUT2D eigenvalue weighted by Gasteiger charge is -1.95. The van der Waals surface area contributed by atoms with Crippen LogP contribution in [0.15, 0.2) is 12.2 Å². The van der Waals surface area contributed by atoms with Gasteiger partial charge in [0.25, 0.3) is 0 Å². The van der Waals surface area contributed by atoms with Crippen LogP contribution in [0, 0.1) is 0 Å². The molecule has 0 N–H and O–H groups in total. The largest absolute Gasteiger partial charge is 0.127 e. The maximum Gasteiger partial charge on any atom is 0.0223 e. The quantitative estimate of drug-likeness (QED) is 0.283. The zero-order valence-electron chi connectivity index (χ0n) is 8.90. The zero-order valence-corrected chi connectivity index (χ0v) is 9.65. The molecule has 1 heteroatoms. The summed E-state index contributed by atoms with van der Waals surface area (Å²) in [5, 5.41) is 0. The first kappa shape index (κ1) is 13.0. The van der Waals surface area contributed by atoms with Crippen molar-refractivity contribution < 1.29 is 0 Å². The maximum atomic E-state index is 5.58. The number of hydrogen-bond acceptors (Lipinski definition) is 0. The van der Waals surface area contributed by atoms with E-state index in [1.54, 1.807) is 0 Å². The van der Waals surface area contributed by atoms with Crippen molar-refractivity contribution in [2.75, 3.05) is 5.88 Å². The first-order valence-electron chi connectivity index (χ1n) is 5.62. The van der Waals surface area contributed by atoms with E-state index in [9.17, 15) is 0 Å². The van der Waals surface area contributed by atoms with Gasteiger partial charge >= 0.3 is 0 Å². The SMILES string of the molecule is CCCC/C=C/CCCCCCCl. The average Bonchev–Trinajstić information content (AvgIpc) is 2.16. The van der Waals surface area contributed by atoms with Crippen LogP contribution < -0.4 is 0 Å². The van der Waals surface area contributed by atoms with Crippen LogP contribution >= 0.6 is 11.6 Å². The highest BCUT2D eigenvalue weighted by molar-refractivity contribution is 6.17. The molecular formula is C12H23Cl. The van der Waals surface area contributed by atoms with Gasteiger partial charge < -0.3 is 0 Å². The number of halogens is 1. The van der Waals surface area contributed by atoms with Crippen molar-refractivity contribution >= 4 is 11.6 Å². The number of alkyl halides is 1. The van der Waals surface area contributed by atoms with Gasteiger partial charge in [-0.25, -0.2) is 0 Å². The second kappa shape index (κ2) is 12.0. The molecule has 0 unspecified atom stereocenters. The standard InChI is InChI=1S/C12H23Cl/c1-2-3-4-5-6-7-8-9-10-11-12-13/h5-6H,2-4,7-12H2,1H3/b6-5+. The first-order valence-corrected chi connectivity index (χ1v) is 6.16. The Balaban J connectivity index is 2.93. The molecule has 0 heterocycles. The molecule has 0 radical (unpaired) electrons. The zero-order chi connectivity index (χ0) is 9.78. The molecule has 0 aliphatic carbocycles. The summed E-state index contributed by atoms with van der Waals surface area (Å²) in [5.74, 6) is 0.826. The molecule has 0 amide bonds. The third-order valence-electron chi connectivity index (χ3n) is 2.15. The minimum absolute atomic E-state index is 0.826. The smallest absolute Gasteiger partial charge is 0.0223 e. The molecule has 0 fully saturated rings. The van der Waals surface area contributed by atoms with Crippen LogP contribution in [0.1, 0.15) is 58.3 Å². The minimum atomic E-state index is 0.826. The minimum Gasteiger partial charge on any atom is -0.127 e. The second-order valence-corrected chi connectivity index (χ2v) is 3.88. The van der Waals surface area contributed by atoms with Gasteiger partial charge in [-0.2, -0.15) is 0 Å². The van der Waals surface area contributed by atoms with Crippen LogP contribution in [-0.4, -0.2) is 5.88 Å². The van der Waals surface area contributed by atoms with Gasteiger partial charge in [-0.1, -0.05) is 44.8 Å². The van der Waals surface area contributed by atoms with E-state index in [1.165, 1.54) is 51.4 Å². The Bertz CT molecular complexity index is 108. The van der Waals surface area contributed by atoms with E-state index >= 15 is 0 Å². The molecule has 0 atom stereocenters. The summed E-state index contributed by atoms with van der Waals surface area (Å²) in [6.45, 7) is 2.24. The van der Waals surface area contributed by atoms with E-state index in [0.29, 0.717) is 0 Å². The van der Waals surface area contributed by atoms with Crippen molar-refractivity contribution in [1.82, 2.24) is 0 Å². The Kier molecular flexibility index (Phi) is 12.1. The highest BCUT2D eigenvalue weighted by Gasteiger charge is 1.86. The Labute approximate surface area is 88.4 Å². The number of rotatable bonds is 9. The van der Waals surface area contributed by atoms with Gasteiger partial charge in [0, 0.05) is 5.88 Å². The Morgan fingerprint density at radius 1 is 0.846 bits per heavy atom. The predicted molar refractivity (Wildman–Crippen MR) is 62.5 cm³/mol. The molecule has 0 bridgehead atoms. The first-order chi connectivity index (χ1) is 6.41. The normalized spacial score (nSPS) is 11.2. The molecule has 0 saturated heterocycles. The summed E-state index contributed by atoms with van der Waals surface area (Å²) >= 11 is 5.58. The monoisotopic (exact) mass is 202 g/mol. The number of allylic oxidation sites excluding steroid dienone is 2. The fourth-order valence-electron chi connectivity index (χ4n) is 1.27. The molecular weight excluding hydrogens is 180 g/mol. The molecule has 78 valence electrons. The second-order valence-electron chi connectivity index (χ2n) is 3.51. The summed E-state index contributed by atoms with van der Waals surface area (Å²) in [6, 6.07) is 0. The van der Waals surface area contributed by atoms with Crippen LogP contribution in [0.4, 0.5) is 0 Å². The molecule has 0 aliphatic rings. The number of unbranched alkanes of at least 4 members (excludes halogenated alkanes) is 6. The third kappa shape index (κ3) is 12.0. The van der Waals surface area contributed by atoms with Gasteiger partial charge in [0.15, 0.2) is 0 Å². The van der Waals surface area contributed by atoms with Crippen molar-refractivity contribution in [2.24, 2.45) is 0 Å². The van der Waals surface area contributed by atoms with Crippen LogP contribution in [0.25, 0.3) is 0 Å². The highest BCUT2D eigenvalue weighted by atomic mass is 35.5. The lowest BCUT2D eigenvalue weighted by Crippen LogP contribution is -1.78. The third-order valence-corrected chi connectivity index (χ3v) is 2.41. The summed E-state index contributed by atoms with van der Waals surface area (Å²) < 4.78 is 0. The van der Waals surface area contributed by atoms with E-state index in [-0.39, 0.29) is 0 Å². The molecule has 0 nitrogen and oxygen atoms in total. The molecule has 0 saturated carbocycles. The molecule has 0 spiro atoms. The van der Waals surface area contributed by atoms with Crippen LogP contribution in [0.2, 0.25) is 0 Å². The Hall–Kier alpha value is 0.0300. The van der Waals surface area contributed by atoms with Crippen molar-refractivity contribution in [1.29, 1.82) is 0 Å². The van der Waals surface area contributed by atoms with E-state index < -0.39 is 0 Å². The average molecular weight is 203 g/mol. The fraction of sp³-hybridized carbons (Fsp3) is 0.833. The van der Waals surface area contributed by atoms with Crippen LogP contribution in [0.3, 0.4) is 0 Å². The van der Waals surface area contributed by atoms with Gasteiger partial charge in [-0.15, -0.1) is 11.6 Å². The van der Waals surface area contributed by atoms with Crippen molar-refractivity contribution in [3.05, 3.63) is 12.2 Å². The summed E-state index contributed by atoms with van der Waals surface area (Å²) in [6.07, 6.45) is 15.0. The molecule has 0 aromatic carbocycles. The van der Waals surface area contributed by atoms with Gasteiger partial charge in [-0.3, -0.25) is 0 Å². The Morgan fingerprint density at radius 3 is 2.08 bits per heavy atom.